The van der Waals surface area contributed by atoms with Crippen molar-refractivity contribution in [3.8, 4) is 45.5 Å². The molecule has 0 spiro atoms. The lowest BCUT2D eigenvalue weighted by atomic mass is 10.0. The summed E-state index contributed by atoms with van der Waals surface area (Å²) in [4.78, 5) is 15.5. The van der Waals surface area contributed by atoms with Gasteiger partial charge >= 0.3 is 0 Å². The van der Waals surface area contributed by atoms with Gasteiger partial charge in [0.15, 0.2) is 17.5 Å². The molecule has 0 amide bonds. The highest BCUT2D eigenvalue weighted by Crippen LogP contribution is 2.43. The molecule has 0 N–H and O–H groups in total. The number of rotatable bonds is 5. The molecule has 0 radical (unpaired) electrons. The minimum absolute atomic E-state index is 0.633. The van der Waals surface area contributed by atoms with Crippen LogP contribution in [-0.4, -0.2) is 24.1 Å². The molecule has 13 aromatic rings. The normalized spacial score (nSPS) is 11.9. The Labute approximate surface area is 356 Å². The van der Waals surface area contributed by atoms with Crippen LogP contribution in [0.15, 0.2) is 212 Å². The highest BCUT2D eigenvalue weighted by atomic mass is 15.0. The van der Waals surface area contributed by atoms with Crippen molar-refractivity contribution < 1.29 is 0 Å². The van der Waals surface area contributed by atoms with Crippen LogP contribution < -0.4 is 0 Å². The van der Waals surface area contributed by atoms with Gasteiger partial charge in [-0.1, -0.05) is 164 Å². The van der Waals surface area contributed by atoms with E-state index in [1.54, 1.807) is 0 Å². The summed E-state index contributed by atoms with van der Waals surface area (Å²) in [5.74, 6) is 1.91. The molecule has 13 rings (SSSR count). The van der Waals surface area contributed by atoms with E-state index in [0.29, 0.717) is 17.5 Å². The maximum absolute atomic E-state index is 5.23. The molecular weight excluding hydrogens is 755 g/mol. The minimum atomic E-state index is 0.633. The van der Waals surface area contributed by atoms with E-state index in [4.69, 9.17) is 15.0 Å². The lowest BCUT2D eigenvalue weighted by Crippen LogP contribution is -2.01. The molecule has 0 fully saturated rings. The predicted molar refractivity (Wildman–Crippen MR) is 257 cm³/mol. The second-order valence-electron chi connectivity index (χ2n) is 16.0. The summed E-state index contributed by atoms with van der Waals surface area (Å²) in [5.41, 5.74) is 9.72. The van der Waals surface area contributed by atoms with Crippen LogP contribution in [-0.2, 0) is 0 Å². The smallest absolute Gasteiger partial charge is 0.164 e. The van der Waals surface area contributed by atoms with Crippen molar-refractivity contribution in [3.05, 3.63) is 212 Å². The third kappa shape index (κ3) is 5.25. The van der Waals surface area contributed by atoms with Gasteiger partial charge in [0, 0.05) is 49.3 Å². The summed E-state index contributed by atoms with van der Waals surface area (Å²) in [6, 6.07) is 75.7. The molecule has 0 bridgehead atoms. The third-order valence-corrected chi connectivity index (χ3v) is 12.5. The standard InChI is InChI=1S/C57H35N5/c1-3-17-38(18-4-1)55-58-56(40-30-29-36-15-7-8-19-39(36)33-40)60-57(59-55)46-26-13-25-44-43(46)24-14-28-50(44)62-49-27-12-11-23-45(49)47-34-48-53(35-52(47)62)61(41-20-5-2-6-21-41)51-32-31-37-16-9-10-22-42(37)54(48)51/h1-35H. The van der Waals surface area contributed by atoms with Gasteiger partial charge in [-0.3, -0.25) is 0 Å². The van der Waals surface area contributed by atoms with Crippen molar-refractivity contribution in [3.63, 3.8) is 0 Å². The van der Waals surface area contributed by atoms with E-state index in [-0.39, 0.29) is 0 Å². The fourth-order valence-electron chi connectivity index (χ4n) is 9.72. The second kappa shape index (κ2) is 13.6. The lowest BCUT2D eigenvalue weighted by molar-refractivity contribution is 1.08. The summed E-state index contributed by atoms with van der Waals surface area (Å²) in [6.45, 7) is 0. The molecule has 0 saturated heterocycles. The molecule has 0 aliphatic carbocycles. The SMILES string of the molecule is c1ccc(-c2nc(-c3ccc4ccccc4c3)nc(-c3cccc4c(-n5c6ccccc6c6cc7c8c9ccccc9ccc8n(-c8ccccc8)c7cc65)cccc34)n2)cc1. The summed E-state index contributed by atoms with van der Waals surface area (Å²) < 4.78 is 4.88. The number of para-hydroxylation sites is 2. The first-order valence-electron chi connectivity index (χ1n) is 21.0. The average Bonchev–Trinajstić information content (AvgIpc) is 3.85. The molecule has 10 aromatic carbocycles. The molecule has 62 heavy (non-hydrogen) atoms. The van der Waals surface area contributed by atoms with Gasteiger partial charge in [-0.25, -0.2) is 15.0 Å². The Kier molecular flexibility index (Phi) is 7.54. The summed E-state index contributed by atoms with van der Waals surface area (Å²) in [7, 11) is 0. The van der Waals surface area contributed by atoms with Gasteiger partial charge in [0.05, 0.1) is 27.8 Å². The molecular formula is C57H35N5. The van der Waals surface area contributed by atoms with Crippen LogP contribution in [0, 0.1) is 0 Å². The number of benzene rings is 10. The Balaban J connectivity index is 1.07. The molecule has 288 valence electrons. The molecule has 0 aliphatic rings. The van der Waals surface area contributed by atoms with E-state index < -0.39 is 0 Å². The highest BCUT2D eigenvalue weighted by molar-refractivity contribution is 6.25. The monoisotopic (exact) mass is 789 g/mol. The van der Waals surface area contributed by atoms with Crippen LogP contribution in [0.1, 0.15) is 0 Å². The Morgan fingerprint density at radius 2 is 0.919 bits per heavy atom. The highest BCUT2D eigenvalue weighted by Gasteiger charge is 2.22. The summed E-state index contributed by atoms with van der Waals surface area (Å²) in [5, 5.41) is 11.9. The zero-order valence-corrected chi connectivity index (χ0v) is 33.4. The molecule has 0 unspecified atom stereocenters. The van der Waals surface area contributed by atoms with Crippen LogP contribution in [0.2, 0.25) is 0 Å². The molecule has 5 nitrogen and oxygen atoms in total. The Morgan fingerprint density at radius 1 is 0.290 bits per heavy atom. The van der Waals surface area contributed by atoms with Crippen LogP contribution in [0.25, 0.3) is 121 Å². The van der Waals surface area contributed by atoms with Crippen LogP contribution in [0.3, 0.4) is 0 Å². The number of hydrogen-bond donors (Lipinski definition) is 0. The van der Waals surface area contributed by atoms with Crippen LogP contribution in [0.5, 0.6) is 0 Å². The van der Waals surface area contributed by atoms with E-state index >= 15 is 0 Å². The van der Waals surface area contributed by atoms with E-state index in [1.165, 1.54) is 48.7 Å². The van der Waals surface area contributed by atoms with Crippen LogP contribution in [0.4, 0.5) is 0 Å². The minimum Gasteiger partial charge on any atom is -0.309 e. The van der Waals surface area contributed by atoms with Crippen LogP contribution >= 0.6 is 0 Å². The van der Waals surface area contributed by atoms with Gasteiger partial charge < -0.3 is 9.13 Å². The molecule has 0 saturated carbocycles. The Bertz CT molecular complexity index is 3920. The van der Waals surface area contributed by atoms with Crippen molar-refractivity contribution in [1.82, 2.24) is 24.1 Å². The summed E-state index contributed by atoms with van der Waals surface area (Å²) >= 11 is 0. The lowest BCUT2D eigenvalue weighted by Gasteiger charge is -2.15. The van der Waals surface area contributed by atoms with E-state index in [1.807, 2.05) is 18.2 Å². The van der Waals surface area contributed by atoms with Gasteiger partial charge in [-0.2, -0.15) is 0 Å². The van der Waals surface area contributed by atoms with Crippen molar-refractivity contribution in [2.24, 2.45) is 0 Å². The van der Waals surface area contributed by atoms with Gasteiger partial charge in [-0.15, -0.1) is 0 Å². The number of hydrogen-bond acceptors (Lipinski definition) is 3. The molecule has 5 heteroatoms. The van der Waals surface area contributed by atoms with E-state index in [0.717, 1.165) is 55.3 Å². The fraction of sp³-hybridized carbons (Fsp3) is 0. The fourth-order valence-corrected chi connectivity index (χ4v) is 9.72. The Hall–Kier alpha value is -8.41. The molecule has 0 atom stereocenters. The molecule has 0 aliphatic heterocycles. The van der Waals surface area contributed by atoms with Crippen molar-refractivity contribution in [2.75, 3.05) is 0 Å². The topological polar surface area (TPSA) is 48.5 Å². The van der Waals surface area contributed by atoms with Gasteiger partial charge in [0.1, 0.15) is 0 Å². The van der Waals surface area contributed by atoms with Gasteiger partial charge in [-0.05, 0) is 75.5 Å². The van der Waals surface area contributed by atoms with Gasteiger partial charge in [0.25, 0.3) is 0 Å². The zero-order chi connectivity index (χ0) is 40.7. The first-order valence-corrected chi connectivity index (χ1v) is 21.0. The Morgan fingerprint density at radius 3 is 1.77 bits per heavy atom. The largest absolute Gasteiger partial charge is 0.309 e. The number of nitrogens with zero attached hydrogens (tertiary/aromatic N) is 5. The molecule has 3 heterocycles. The average molecular weight is 790 g/mol. The van der Waals surface area contributed by atoms with E-state index in [2.05, 4.69) is 203 Å². The van der Waals surface area contributed by atoms with Crippen molar-refractivity contribution in [2.45, 2.75) is 0 Å². The second-order valence-corrected chi connectivity index (χ2v) is 16.0. The quantitative estimate of drug-likeness (QED) is 0.174. The van der Waals surface area contributed by atoms with Gasteiger partial charge in [0.2, 0.25) is 0 Å². The van der Waals surface area contributed by atoms with Crippen molar-refractivity contribution >= 4 is 75.9 Å². The van der Waals surface area contributed by atoms with Crippen molar-refractivity contribution in [1.29, 1.82) is 0 Å². The van der Waals surface area contributed by atoms with E-state index in [9.17, 15) is 0 Å². The first kappa shape index (κ1) is 34.5. The maximum atomic E-state index is 5.23. The third-order valence-electron chi connectivity index (χ3n) is 12.5. The molecule has 3 aromatic heterocycles. The predicted octanol–water partition coefficient (Wildman–Crippen LogP) is 14.5. The zero-order valence-electron chi connectivity index (χ0n) is 33.4. The number of aromatic nitrogens is 5. The maximum Gasteiger partial charge on any atom is 0.164 e. The first-order chi connectivity index (χ1) is 30.7. The summed E-state index contributed by atoms with van der Waals surface area (Å²) in [6.07, 6.45) is 0. The number of fused-ring (bicyclic) bond motifs is 10.